The Kier molecular flexibility index (Phi) is 3.88. The maximum Gasteiger partial charge on any atom is 0.303 e. The average Bonchev–Trinajstić information content (AvgIpc) is 2.39. The van der Waals surface area contributed by atoms with E-state index >= 15 is 0 Å². The molecule has 1 heterocycles. The number of carbonyl (C=O) groups is 3. The fourth-order valence-corrected chi connectivity index (χ4v) is 2.60. The van der Waals surface area contributed by atoms with E-state index in [0.29, 0.717) is 6.42 Å². The number of hydrogen-bond donors (Lipinski definition) is 2. The van der Waals surface area contributed by atoms with Crippen molar-refractivity contribution in [2.24, 2.45) is 0 Å². The number of imide groups is 1. The Hall–Kier alpha value is -2.17. The lowest BCUT2D eigenvalue weighted by molar-refractivity contribution is -0.139. The van der Waals surface area contributed by atoms with Crippen LogP contribution in [0.5, 0.6) is 0 Å². The SMILES string of the molecule is Cc1ccc(C2(CCC(=O)O)CCC(=O)NC2=O)cc1. The largest absolute Gasteiger partial charge is 0.481 e. The summed E-state index contributed by atoms with van der Waals surface area (Å²) in [4.78, 5) is 34.5. The van der Waals surface area contributed by atoms with Gasteiger partial charge in [0, 0.05) is 12.8 Å². The molecule has 1 unspecified atom stereocenters. The second-order valence-electron chi connectivity index (χ2n) is 5.22. The van der Waals surface area contributed by atoms with E-state index in [9.17, 15) is 14.4 Å². The van der Waals surface area contributed by atoms with Gasteiger partial charge in [0.15, 0.2) is 0 Å². The third kappa shape index (κ3) is 2.71. The monoisotopic (exact) mass is 275 g/mol. The normalized spacial score (nSPS) is 22.4. The Morgan fingerprint density at radius 2 is 1.95 bits per heavy atom. The van der Waals surface area contributed by atoms with Crippen molar-refractivity contribution in [3.05, 3.63) is 35.4 Å². The molecule has 1 atom stereocenters. The molecule has 1 saturated heterocycles. The molecule has 1 aromatic carbocycles. The molecule has 1 aromatic rings. The van der Waals surface area contributed by atoms with Crippen LogP contribution < -0.4 is 5.32 Å². The van der Waals surface area contributed by atoms with Gasteiger partial charge >= 0.3 is 5.97 Å². The van der Waals surface area contributed by atoms with Crippen LogP contribution in [0.1, 0.15) is 36.8 Å². The number of hydrogen-bond acceptors (Lipinski definition) is 3. The minimum Gasteiger partial charge on any atom is -0.481 e. The molecule has 20 heavy (non-hydrogen) atoms. The Balaban J connectivity index is 2.37. The van der Waals surface area contributed by atoms with Crippen molar-refractivity contribution >= 4 is 17.8 Å². The first kappa shape index (κ1) is 14.2. The fourth-order valence-electron chi connectivity index (χ4n) is 2.60. The van der Waals surface area contributed by atoms with E-state index < -0.39 is 11.4 Å². The summed E-state index contributed by atoms with van der Waals surface area (Å²) in [5.41, 5.74) is 0.920. The first-order valence-electron chi connectivity index (χ1n) is 6.57. The van der Waals surface area contributed by atoms with Crippen molar-refractivity contribution in [3.63, 3.8) is 0 Å². The Labute approximate surface area is 117 Å². The number of benzene rings is 1. The highest BCUT2D eigenvalue weighted by Crippen LogP contribution is 2.37. The topological polar surface area (TPSA) is 83.5 Å². The van der Waals surface area contributed by atoms with Gasteiger partial charge in [0.2, 0.25) is 11.8 Å². The summed E-state index contributed by atoms with van der Waals surface area (Å²) in [6.07, 6.45) is 0.688. The Morgan fingerprint density at radius 3 is 2.50 bits per heavy atom. The molecule has 0 bridgehead atoms. The quantitative estimate of drug-likeness (QED) is 0.816. The predicted octanol–water partition coefficient (Wildman–Crippen LogP) is 1.53. The molecule has 1 aliphatic heterocycles. The number of nitrogens with one attached hydrogen (secondary N) is 1. The summed E-state index contributed by atoms with van der Waals surface area (Å²) in [7, 11) is 0. The highest BCUT2D eigenvalue weighted by atomic mass is 16.4. The maximum atomic E-state index is 12.3. The zero-order chi connectivity index (χ0) is 14.8. The van der Waals surface area contributed by atoms with Gasteiger partial charge in [-0.3, -0.25) is 19.7 Å². The summed E-state index contributed by atoms with van der Waals surface area (Å²) in [5, 5.41) is 11.2. The van der Waals surface area contributed by atoms with E-state index in [-0.39, 0.29) is 31.1 Å². The maximum absolute atomic E-state index is 12.3. The van der Waals surface area contributed by atoms with Gasteiger partial charge in [0.05, 0.1) is 5.41 Å². The van der Waals surface area contributed by atoms with Crippen LogP contribution in [0.3, 0.4) is 0 Å². The van der Waals surface area contributed by atoms with Gasteiger partial charge in [-0.15, -0.1) is 0 Å². The second-order valence-corrected chi connectivity index (χ2v) is 5.22. The highest BCUT2D eigenvalue weighted by Gasteiger charge is 2.44. The van der Waals surface area contributed by atoms with Gasteiger partial charge in [-0.05, 0) is 25.3 Å². The zero-order valence-corrected chi connectivity index (χ0v) is 11.3. The molecule has 0 aromatic heterocycles. The standard InChI is InChI=1S/C15H17NO4/c1-10-2-4-11(5-3-10)15(9-7-13(18)19)8-6-12(17)16-14(15)20/h2-5H,6-9H2,1H3,(H,18,19)(H,16,17,20). The third-order valence-electron chi connectivity index (χ3n) is 3.84. The van der Waals surface area contributed by atoms with E-state index in [4.69, 9.17) is 5.11 Å². The first-order chi connectivity index (χ1) is 9.44. The van der Waals surface area contributed by atoms with Crippen molar-refractivity contribution in [3.8, 4) is 0 Å². The number of piperidine rings is 1. The molecule has 2 rings (SSSR count). The average molecular weight is 275 g/mol. The molecule has 0 spiro atoms. The van der Waals surface area contributed by atoms with E-state index in [1.807, 2.05) is 31.2 Å². The van der Waals surface area contributed by atoms with Crippen molar-refractivity contribution in [2.75, 3.05) is 0 Å². The Bertz CT molecular complexity index is 549. The summed E-state index contributed by atoms with van der Waals surface area (Å²) in [6, 6.07) is 7.46. The molecule has 5 heteroatoms. The zero-order valence-electron chi connectivity index (χ0n) is 11.3. The lowest BCUT2D eigenvalue weighted by atomic mass is 9.70. The van der Waals surface area contributed by atoms with Gasteiger partial charge in [-0.25, -0.2) is 0 Å². The molecule has 2 amide bonds. The van der Waals surface area contributed by atoms with Crippen LogP contribution in [-0.2, 0) is 19.8 Å². The minimum absolute atomic E-state index is 0.102. The molecular formula is C15H17NO4. The molecule has 0 saturated carbocycles. The molecular weight excluding hydrogens is 258 g/mol. The van der Waals surface area contributed by atoms with Gasteiger partial charge in [-0.1, -0.05) is 29.8 Å². The fraction of sp³-hybridized carbons (Fsp3) is 0.400. The number of carboxylic acids is 1. The highest BCUT2D eigenvalue weighted by molar-refractivity contribution is 6.03. The van der Waals surface area contributed by atoms with Crippen molar-refractivity contribution < 1.29 is 19.5 Å². The number of aliphatic carboxylic acids is 1. The number of carbonyl (C=O) groups excluding carboxylic acids is 2. The number of aryl methyl sites for hydroxylation is 1. The second kappa shape index (κ2) is 5.45. The number of amides is 2. The van der Waals surface area contributed by atoms with Crippen LogP contribution in [0.4, 0.5) is 0 Å². The number of carboxylic acid groups (broad SMARTS) is 1. The molecule has 2 N–H and O–H groups in total. The van der Waals surface area contributed by atoms with Crippen molar-refractivity contribution in [1.29, 1.82) is 0 Å². The third-order valence-corrected chi connectivity index (χ3v) is 3.84. The van der Waals surface area contributed by atoms with E-state index in [0.717, 1.165) is 11.1 Å². The van der Waals surface area contributed by atoms with E-state index in [2.05, 4.69) is 5.32 Å². The van der Waals surface area contributed by atoms with Gasteiger partial charge in [0.1, 0.15) is 0 Å². The molecule has 1 aliphatic rings. The summed E-state index contributed by atoms with van der Waals surface area (Å²) < 4.78 is 0. The molecule has 1 fully saturated rings. The molecule has 5 nitrogen and oxygen atoms in total. The van der Waals surface area contributed by atoms with Gasteiger partial charge < -0.3 is 5.11 Å². The minimum atomic E-state index is -0.943. The van der Waals surface area contributed by atoms with Crippen LogP contribution >= 0.6 is 0 Å². The van der Waals surface area contributed by atoms with Crippen molar-refractivity contribution in [2.45, 2.75) is 38.0 Å². The summed E-state index contributed by atoms with van der Waals surface area (Å²) in [6.45, 7) is 1.94. The van der Waals surface area contributed by atoms with Crippen LogP contribution in [0.25, 0.3) is 0 Å². The van der Waals surface area contributed by atoms with Crippen LogP contribution in [0, 0.1) is 6.92 Å². The van der Waals surface area contributed by atoms with Gasteiger partial charge in [0.25, 0.3) is 0 Å². The first-order valence-corrected chi connectivity index (χ1v) is 6.57. The lowest BCUT2D eigenvalue weighted by Crippen LogP contribution is -2.51. The smallest absolute Gasteiger partial charge is 0.303 e. The van der Waals surface area contributed by atoms with E-state index in [1.165, 1.54) is 0 Å². The lowest BCUT2D eigenvalue weighted by Gasteiger charge is -2.35. The molecule has 0 radical (unpaired) electrons. The summed E-state index contributed by atoms with van der Waals surface area (Å²) in [5.74, 6) is -1.63. The van der Waals surface area contributed by atoms with Crippen LogP contribution in [-0.4, -0.2) is 22.9 Å². The van der Waals surface area contributed by atoms with Crippen LogP contribution in [0.15, 0.2) is 24.3 Å². The summed E-state index contributed by atoms with van der Waals surface area (Å²) >= 11 is 0. The van der Waals surface area contributed by atoms with Gasteiger partial charge in [-0.2, -0.15) is 0 Å². The van der Waals surface area contributed by atoms with Crippen LogP contribution in [0.2, 0.25) is 0 Å². The molecule has 0 aliphatic carbocycles. The Morgan fingerprint density at radius 1 is 1.30 bits per heavy atom. The number of rotatable bonds is 4. The van der Waals surface area contributed by atoms with E-state index in [1.54, 1.807) is 0 Å². The molecule has 106 valence electrons. The predicted molar refractivity (Wildman–Crippen MR) is 72.1 cm³/mol. The van der Waals surface area contributed by atoms with Crippen molar-refractivity contribution in [1.82, 2.24) is 5.32 Å².